The minimum Gasteiger partial charge on any atom is -0.469 e. The van der Waals surface area contributed by atoms with Gasteiger partial charge in [0.25, 0.3) is 0 Å². The number of ether oxygens (including phenoxy) is 1. The molecule has 0 heterocycles. The third-order valence-corrected chi connectivity index (χ3v) is 4.32. The summed E-state index contributed by atoms with van der Waals surface area (Å²) in [6.45, 7) is 4.82. The van der Waals surface area contributed by atoms with Crippen LogP contribution in [0.2, 0.25) is 0 Å². The summed E-state index contributed by atoms with van der Waals surface area (Å²) in [6, 6.07) is 0.303. The Hall–Kier alpha value is -1.06. The molecule has 2 atom stereocenters. The third kappa shape index (κ3) is 5.14. The van der Waals surface area contributed by atoms with E-state index in [1.54, 1.807) is 0 Å². The number of carbonyl (C=O) groups excluding carboxylic acids is 2. The average molecular weight is 283 g/mol. The molecule has 20 heavy (non-hydrogen) atoms. The van der Waals surface area contributed by atoms with Crippen molar-refractivity contribution in [3.8, 4) is 0 Å². The van der Waals surface area contributed by atoms with Crippen LogP contribution < -0.4 is 0 Å². The highest BCUT2D eigenvalue weighted by atomic mass is 16.5. The van der Waals surface area contributed by atoms with Gasteiger partial charge in [-0.25, -0.2) is 0 Å². The molecule has 1 amide bonds. The lowest BCUT2D eigenvalue weighted by molar-refractivity contribution is -0.143. The molecule has 4 heteroatoms. The number of unbranched alkanes of at least 4 members (excludes halogenated alkanes) is 1. The first-order chi connectivity index (χ1) is 9.60. The van der Waals surface area contributed by atoms with Crippen LogP contribution in [0.3, 0.4) is 0 Å². The maximum Gasteiger partial charge on any atom is 0.307 e. The van der Waals surface area contributed by atoms with Gasteiger partial charge < -0.3 is 9.64 Å². The summed E-state index contributed by atoms with van der Waals surface area (Å²) in [4.78, 5) is 25.7. The van der Waals surface area contributed by atoms with Gasteiger partial charge in [0, 0.05) is 19.0 Å². The molecular formula is C16H29NO3. The second-order valence-electron chi connectivity index (χ2n) is 5.85. The van der Waals surface area contributed by atoms with Gasteiger partial charge in [0.15, 0.2) is 0 Å². The lowest BCUT2D eigenvalue weighted by Gasteiger charge is -2.38. The largest absolute Gasteiger partial charge is 0.469 e. The van der Waals surface area contributed by atoms with E-state index >= 15 is 0 Å². The molecule has 0 aliphatic heterocycles. The maximum absolute atomic E-state index is 12.4. The number of rotatable bonds is 7. The van der Waals surface area contributed by atoms with Crippen molar-refractivity contribution in [1.82, 2.24) is 4.90 Å². The Balaban J connectivity index is 2.66. The van der Waals surface area contributed by atoms with Crippen molar-refractivity contribution in [3.05, 3.63) is 0 Å². The van der Waals surface area contributed by atoms with Gasteiger partial charge in [0.1, 0.15) is 0 Å². The molecule has 1 aliphatic rings. The predicted octanol–water partition coefficient (Wildman–Crippen LogP) is 3.15. The van der Waals surface area contributed by atoms with Crippen molar-refractivity contribution >= 4 is 11.9 Å². The summed E-state index contributed by atoms with van der Waals surface area (Å²) in [5.41, 5.74) is 0. The van der Waals surface area contributed by atoms with Gasteiger partial charge in [-0.3, -0.25) is 9.59 Å². The molecule has 4 nitrogen and oxygen atoms in total. The molecule has 1 aliphatic carbocycles. The van der Waals surface area contributed by atoms with E-state index in [1.807, 2.05) is 4.90 Å². The maximum atomic E-state index is 12.4. The molecule has 116 valence electrons. The van der Waals surface area contributed by atoms with E-state index in [0.29, 0.717) is 31.3 Å². The Bertz CT molecular complexity index is 317. The average Bonchev–Trinajstić information content (AvgIpc) is 2.46. The Labute approximate surface area is 122 Å². The second kappa shape index (κ2) is 8.98. The number of hydrogen-bond donors (Lipinski definition) is 0. The highest BCUT2D eigenvalue weighted by Crippen LogP contribution is 2.29. The molecule has 1 fully saturated rings. The number of nitrogens with zero attached hydrogens (tertiary/aromatic N) is 1. The SMILES string of the molecule is CCCCC(=O)N(CCC(=O)OC)C1CCCCC1C. The zero-order chi connectivity index (χ0) is 15.0. The van der Waals surface area contributed by atoms with E-state index in [0.717, 1.165) is 19.3 Å². The fourth-order valence-corrected chi connectivity index (χ4v) is 3.02. The first kappa shape index (κ1) is 17.0. The van der Waals surface area contributed by atoms with Crippen LogP contribution in [0.4, 0.5) is 0 Å². The fourth-order valence-electron chi connectivity index (χ4n) is 3.02. The molecule has 2 unspecified atom stereocenters. The number of esters is 1. The predicted molar refractivity (Wildman–Crippen MR) is 79.3 cm³/mol. The number of carbonyl (C=O) groups is 2. The van der Waals surface area contributed by atoms with Crippen LogP contribution in [-0.2, 0) is 14.3 Å². The molecule has 0 saturated heterocycles. The smallest absolute Gasteiger partial charge is 0.307 e. The number of methoxy groups -OCH3 is 1. The van der Waals surface area contributed by atoms with Crippen molar-refractivity contribution in [3.63, 3.8) is 0 Å². The summed E-state index contributed by atoms with van der Waals surface area (Å²) in [5, 5.41) is 0. The lowest BCUT2D eigenvalue weighted by Crippen LogP contribution is -2.46. The highest BCUT2D eigenvalue weighted by molar-refractivity contribution is 5.77. The van der Waals surface area contributed by atoms with Crippen LogP contribution in [0.5, 0.6) is 0 Å². The van der Waals surface area contributed by atoms with Crippen LogP contribution in [0.25, 0.3) is 0 Å². The van der Waals surface area contributed by atoms with Gasteiger partial charge >= 0.3 is 5.97 Å². The normalized spacial score (nSPS) is 22.4. The van der Waals surface area contributed by atoms with E-state index < -0.39 is 0 Å². The molecule has 0 aromatic carbocycles. The van der Waals surface area contributed by atoms with E-state index in [4.69, 9.17) is 4.74 Å². The van der Waals surface area contributed by atoms with Crippen LogP contribution >= 0.6 is 0 Å². The van der Waals surface area contributed by atoms with Crippen molar-refractivity contribution in [2.24, 2.45) is 5.92 Å². The first-order valence-electron chi connectivity index (χ1n) is 7.96. The molecule has 1 saturated carbocycles. The Kier molecular flexibility index (Phi) is 7.63. The molecule has 0 aromatic rings. The van der Waals surface area contributed by atoms with Crippen LogP contribution in [-0.4, -0.2) is 36.5 Å². The van der Waals surface area contributed by atoms with Crippen LogP contribution in [0, 0.1) is 5.92 Å². The summed E-state index contributed by atoms with van der Waals surface area (Å²) >= 11 is 0. The van der Waals surface area contributed by atoms with Gasteiger partial charge in [-0.15, -0.1) is 0 Å². The summed E-state index contributed by atoms with van der Waals surface area (Å²) < 4.78 is 4.70. The number of hydrogen-bond acceptors (Lipinski definition) is 3. The van der Waals surface area contributed by atoms with E-state index in [-0.39, 0.29) is 11.9 Å². The van der Waals surface area contributed by atoms with Crippen molar-refractivity contribution < 1.29 is 14.3 Å². The van der Waals surface area contributed by atoms with Gasteiger partial charge in [-0.05, 0) is 25.2 Å². The van der Waals surface area contributed by atoms with Gasteiger partial charge in [0.05, 0.1) is 13.5 Å². The minimum atomic E-state index is -0.234. The van der Waals surface area contributed by atoms with Crippen LogP contribution in [0.15, 0.2) is 0 Å². The van der Waals surface area contributed by atoms with Gasteiger partial charge in [-0.1, -0.05) is 33.1 Å². The molecule has 0 spiro atoms. The van der Waals surface area contributed by atoms with Crippen molar-refractivity contribution in [1.29, 1.82) is 0 Å². The van der Waals surface area contributed by atoms with E-state index in [2.05, 4.69) is 13.8 Å². The molecule has 0 N–H and O–H groups in total. The van der Waals surface area contributed by atoms with E-state index in [9.17, 15) is 9.59 Å². The number of amides is 1. The molecule has 0 radical (unpaired) electrons. The van der Waals surface area contributed by atoms with Gasteiger partial charge in [-0.2, -0.15) is 0 Å². The molecular weight excluding hydrogens is 254 g/mol. The molecule has 0 aromatic heterocycles. The molecule has 1 rings (SSSR count). The fraction of sp³-hybridized carbons (Fsp3) is 0.875. The second-order valence-corrected chi connectivity index (χ2v) is 5.85. The quantitative estimate of drug-likeness (QED) is 0.674. The van der Waals surface area contributed by atoms with Crippen LogP contribution in [0.1, 0.15) is 65.2 Å². The highest BCUT2D eigenvalue weighted by Gasteiger charge is 2.30. The standard InChI is InChI=1S/C16H29NO3/c1-4-5-10-15(18)17(12-11-16(19)20-3)14-9-7-6-8-13(14)2/h13-14H,4-12H2,1-3H3. The topological polar surface area (TPSA) is 46.6 Å². The lowest BCUT2D eigenvalue weighted by atomic mass is 9.84. The van der Waals surface area contributed by atoms with Crippen molar-refractivity contribution in [2.75, 3.05) is 13.7 Å². The third-order valence-electron chi connectivity index (χ3n) is 4.32. The molecule has 0 bridgehead atoms. The Morgan fingerprint density at radius 1 is 1.20 bits per heavy atom. The zero-order valence-electron chi connectivity index (χ0n) is 13.2. The van der Waals surface area contributed by atoms with Crippen molar-refractivity contribution in [2.45, 2.75) is 71.3 Å². The van der Waals surface area contributed by atoms with E-state index in [1.165, 1.54) is 26.4 Å². The Morgan fingerprint density at radius 2 is 1.90 bits per heavy atom. The van der Waals surface area contributed by atoms with Gasteiger partial charge in [0.2, 0.25) is 5.91 Å². The summed E-state index contributed by atoms with van der Waals surface area (Å²) in [7, 11) is 1.40. The summed E-state index contributed by atoms with van der Waals surface area (Å²) in [6.07, 6.45) is 7.54. The Morgan fingerprint density at radius 3 is 2.50 bits per heavy atom. The minimum absolute atomic E-state index is 0.203. The summed E-state index contributed by atoms with van der Waals surface area (Å²) in [5.74, 6) is 0.503. The monoisotopic (exact) mass is 283 g/mol. The zero-order valence-corrected chi connectivity index (χ0v) is 13.2. The first-order valence-corrected chi connectivity index (χ1v) is 7.96.